The predicted octanol–water partition coefficient (Wildman–Crippen LogP) is 3.97. The minimum Gasteiger partial charge on any atom is -0.337 e. The fourth-order valence-electron chi connectivity index (χ4n) is 3.29. The van der Waals surface area contributed by atoms with E-state index in [0.717, 1.165) is 30.2 Å². The Bertz CT molecular complexity index is 1060. The normalized spacial score (nSPS) is 12.2. The molecule has 2 N–H and O–H groups in total. The Hall–Kier alpha value is -2.19. The number of sulfonamides is 1. The van der Waals surface area contributed by atoms with E-state index < -0.39 is 10.0 Å². The van der Waals surface area contributed by atoms with Gasteiger partial charge in [0.1, 0.15) is 0 Å². The highest BCUT2D eigenvalue weighted by Gasteiger charge is 2.19. The summed E-state index contributed by atoms with van der Waals surface area (Å²) < 4.78 is 29.2. The predicted molar refractivity (Wildman–Crippen MR) is 125 cm³/mol. The Morgan fingerprint density at radius 2 is 1.74 bits per heavy atom. The summed E-state index contributed by atoms with van der Waals surface area (Å²) in [7, 11) is -3.48. The van der Waals surface area contributed by atoms with Gasteiger partial charge in [0.25, 0.3) is 0 Å². The summed E-state index contributed by atoms with van der Waals surface area (Å²) >= 11 is 5.98. The van der Waals surface area contributed by atoms with Gasteiger partial charge in [-0.05, 0) is 56.6 Å². The molecule has 1 aromatic heterocycles. The smallest absolute Gasteiger partial charge is 0.240 e. The van der Waals surface area contributed by atoms with Gasteiger partial charge in [-0.15, -0.1) is 0 Å². The van der Waals surface area contributed by atoms with E-state index in [1.165, 1.54) is 5.56 Å². The van der Waals surface area contributed by atoms with Crippen LogP contribution in [0.1, 0.15) is 31.5 Å². The Kier molecular flexibility index (Phi) is 7.89. The van der Waals surface area contributed by atoms with Crippen LogP contribution in [0, 0.1) is 0 Å². The third kappa shape index (κ3) is 6.90. The molecule has 0 aliphatic heterocycles. The van der Waals surface area contributed by atoms with Crippen molar-refractivity contribution in [2.75, 3.05) is 13.1 Å². The molecule has 0 aliphatic carbocycles. The first kappa shape index (κ1) is 23.5. The van der Waals surface area contributed by atoms with Crippen molar-refractivity contribution >= 4 is 21.6 Å². The standard InChI is InChI=1S/C23H29ClN4O2S/c1-23(2,19-9-11-20(24)12-10-19)26-14-6-16-28-17-21(25-18-28)13-15-27-31(29,30)22-7-4-3-5-8-22/h3-5,7-12,17-18,26-27H,6,13-16H2,1-2H3. The molecule has 8 heteroatoms. The Labute approximate surface area is 189 Å². The quantitative estimate of drug-likeness (QED) is 0.424. The van der Waals surface area contributed by atoms with Gasteiger partial charge in [-0.25, -0.2) is 18.1 Å². The third-order valence-corrected chi connectivity index (χ3v) is 6.87. The summed E-state index contributed by atoms with van der Waals surface area (Å²) in [5, 5.41) is 4.32. The van der Waals surface area contributed by atoms with Crippen molar-refractivity contribution < 1.29 is 8.42 Å². The van der Waals surface area contributed by atoms with Gasteiger partial charge in [0.15, 0.2) is 0 Å². The van der Waals surface area contributed by atoms with E-state index in [0.29, 0.717) is 13.0 Å². The average Bonchev–Trinajstić information content (AvgIpc) is 3.20. The molecule has 0 atom stereocenters. The second-order valence-corrected chi connectivity index (χ2v) is 10.2. The zero-order chi connectivity index (χ0) is 22.3. The number of halogens is 1. The lowest BCUT2D eigenvalue weighted by atomic mass is 9.94. The van der Waals surface area contributed by atoms with Crippen LogP contribution in [0.4, 0.5) is 0 Å². The number of imidazole rings is 1. The van der Waals surface area contributed by atoms with Crippen molar-refractivity contribution in [3.05, 3.63) is 83.4 Å². The summed E-state index contributed by atoms with van der Waals surface area (Å²) in [5.41, 5.74) is 1.92. The summed E-state index contributed by atoms with van der Waals surface area (Å²) in [6, 6.07) is 16.3. The number of nitrogens with one attached hydrogen (secondary N) is 2. The number of hydrogen-bond acceptors (Lipinski definition) is 4. The first-order chi connectivity index (χ1) is 14.8. The van der Waals surface area contributed by atoms with E-state index in [2.05, 4.69) is 28.9 Å². The van der Waals surface area contributed by atoms with Gasteiger partial charge in [-0.1, -0.05) is 41.9 Å². The number of aromatic nitrogens is 2. The van der Waals surface area contributed by atoms with Gasteiger partial charge in [0.05, 0.1) is 16.9 Å². The lowest BCUT2D eigenvalue weighted by molar-refractivity contribution is 0.393. The zero-order valence-electron chi connectivity index (χ0n) is 17.9. The van der Waals surface area contributed by atoms with Crippen molar-refractivity contribution in [1.82, 2.24) is 19.6 Å². The third-order valence-electron chi connectivity index (χ3n) is 5.14. The van der Waals surface area contributed by atoms with Gasteiger partial charge in [-0.2, -0.15) is 0 Å². The van der Waals surface area contributed by atoms with Crippen LogP contribution in [0.15, 0.2) is 72.0 Å². The zero-order valence-corrected chi connectivity index (χ0v) is 19.5. The molecule has 6 nitrogen and oxygen atoms in total. The molecule has 0 saturated heterocycles. The van der Waals surface area contributed by atoms with Crippen LogP contribution in [-0.2, 0) is 28.5 Å². The fourth-order valence-corrected chi connectivity index (χ4v) is 4.46. The molecule has 3 rings (SSSR count). The second-order valence-electron chi connectivity index (χ2n) is 7.98. The van der Waals surface area contributed by atoms with E-state index in [-0.39, 0.29) is 10.4 Å². The molecule has 0 radical (unpaired) electrons. The van der Waals surface area contributed by atoms with Gasteiger partial charge in [-0.3, -0.25) is 0 Å². The molecule has 0 bridgehead atoms. The van der Waals surface area contributed by atoms with Crippen LogP contribution in [0.5, 0.6) is 0 Å². The van der Waals surface area contributed by atoms with Crippen molar-refractivity contribution in [2.24, 2.45) is 0 Å². The fraction of sp³-hybridized carbons (Fsp3) is 0.348. The molecule has 0 fully saturated rings. The molecule has 31 heavy (non-hydrogen) atoms. The van der Waals surface area contributed by atoms with E-state index in [1.54, 1.807) is 36.7 Å². The molecular weight excluding hydrogens is 432 g/mol. The topological polar surface area (TPSA) is 76.0 Å². The van der Waals surface area contributed by atoms with Crippen molar-refractivity contribution in [3.8, 4) is 0 Å². The molecular formula is C23H29ClN4O2S. The van der Waals surface area contributed by atoms with Crippen LogP contribution in [0.3, 0.4) is 0 Å². The van der Waals surface area contributed by atoms with E-state index >= 15 is 0 Å². The minimum absolute atomic E-state index is 0.138. The average molecular weight is 461 g/mol. The number of nitrogens with zero attached hydrogens (tertiary/aromatic N) is 2. The van der Waals surface area contributed by atoms with Gasteiger partial charge < -0.3 is 9.88 Å². The summed E-state index contributed by atoms with van der Waals surface area (Å²) in [4.78, 5) is 4.66. The lowest BCUT2D eigenvalue weighted by Gasteiger charge is -2.27. The number of aryl methyl sites for hydroxylation is 1. The van der Waals surface area contributed by atoms with Crippen molar-refractivity contribution in [2.45, 2.75) is 43.7 Å². The van der Waals surface area contributed by atoms with Crippen molar-refractivity contribution in [1.29, 1.82) is 0 Å². The maximum absolute atomic E-state index is 12.3. The van der Waals surface area contributed by atoms with Crippen LogP contribution in [0.2, 0.25) is 5.02 Å². The van der Waals surface area contributed by atoms with Crippen LogP contribution < -0.4 is 10.0 Å². The second kappa shape index (κ2) is 10.4. The Morgan fingerprint density at radius 3 is 2.45 bits per heavy atom. The van der Waals surface area contributed by atoms with Crippen molar-refractivity contribution in [3.63, 3.8) is 0 Å². The highest BCUT2D eigenvalue weighted by molar-refractivity contribution is 7.89. The van der Waals surface area contributed by atoms with Gasteiger partial charge in [0.2, 0.25) is 10.0 Å². The van der Waals surface area contributed by atoms with E-state index in [9.17, 15) is 8.42 Å². The number of hydrogen-bond donors (Lipinski definition) is 2. The Morgan fingerprint density at radius 1 is 1.03 bits per heavy atom. The van der Waals surface area contributed by atoms with E-state index in [1.807, 2.05) is 35.0 Å². The maximum atomic E-state index is 12.3. The van der Waals surface area contributed by atoms with E-state index in [4.69, 9.17) is 11.6 Å². The maximum Gasteiger partial charge on any atom is 0.240 e. The molecule has 0 unspecified atom stereocenters. The summed E-state index contributed by atoms with van der Waals surface area (Å²) in [6.45, 7) is 6.32. The Balaban J connectivity index is 1.40. The monoisotopic (exact) mass is 460 g/mol. The molecule has 3 aromatic rings. The van der Waals surface area contributed by atoms with Gasteiger partial charge >= 0.3 is 0 Å². The summed E-state index contributed by atoms with van der Waals surface area (Å²) in [5.74, 6) is 0. The van der Waals surface area contributed by atoms with Gasteiger partial charge in [0, 0.05) is 36.3 Å². The molecule has 0 aliphatic rings. The van der Waals surface area contributed by atoms with Crippen LogP contribution in [0.25, 0.3) is 0 Å². The largest absolute Gasteiger partial charge is 0.337 e. The highest BCUT2D eigenvalue weighted by atomic mass is 35.5. The molecule has 0 spiro atoms. The molecule has 0 saturated carbocycles. The summed E-state index contributed by atoms with van der Waals surface area (Å²) in [6.07, 6.45) is 5.26. The van der Waals surface area contributed by atoms with Crippen LogP contribution >= 0.6 is 11.6 Å². The lowest BCUT2D eigenvalue weighted by Crippen LogP contribution is -2.37. The molecule has 166 valence electrons. The number of benzene rings is 2. The SMILES string of the molecule is CC(C)(NCCCn1cnc(CCNS(=O)(=O)c2ccccc2)c1)c1ccc(Cl)cc1. The van der Waals surface area contributed by atoms with Crippen LogP contribution in [-0.4, -0.2) is 31.1 Å². The minimum atomic E-state index is -3.48. The molecule has 1 heterocycles. The number of rotatable bonds is 11. The first-order valence-corrected chi connectivity index (χ1v) is 12.2. The first-order valence-electron chi connectivity index (χ1n) is 10.3. The highest BCUT2D eigenvalue weighted by Crippen LogP contribution is 2.21. The molecule has 2 aromatic carbocycles. The molecule has 0 amide bonds.